The third kappa shape index (κ3) is 3.08. The molecule has 5 heteroatoms. The van der Waals surface area contributed by atoms with Crippen LogP contribution in [-0.2, 0) is 6.54 Å². The van der Waals surface area contributed by atoms with Crippen molar-refractivity contribution in [2.24, 2.45) is 0 Å². The van der Waals surface area contributed by atoms with Crippen molar-refractivity contribution in [3.8, 4) is 0 Å². The van der Waals surface area contributed by atoms with E-state index in [1.807, 2.05) is 0 Å². The van der Waals surface area contributed by atoms with Crippen LogP contribution >= 0.6 is 0 Å². The van der Waals surface area contributed by atoms with E-state index in [1.54, 1.807) is 6.20 Å². The van der Waals surface area contributed by atoms with Crippen LogP contribution in [0.15, 0.2) is 6.20 Å². The van der Waals surface area contributed by atoms with Gasteiger partial charge in [-0.05, 0) is 19.8 Å². The van der Waals surface area contributed by atoms with Gasteiger partial charge in [0.2, 0.25) is 0 Å². The molecule has 1 aromatic heterocycles. The zero-order chi connectivity index (χ0) is 9.80. The fourth-order valence-electron chi connectivity index (χ4n) is 1.29. The molecule has 14 heavy (non-hydrogen) atoms. The summed E-state index contributed by atoms with van der Waals surface area (Å²) in [6, 6.07) is 1.26. The zero-order valence-electron chi connectivity index (χ0n) is 8.45. The van der Waals surface area contributed by atoms with Crippen LogP contribution in [0, 0.1) is 0 Å². The van der Waals surface area contributed by atoms with Gasteiger partial charge in [0.15, 0.2) is 0 Å². The number of hydrogen-bond donors (Lipinski definition) is 3. The number of aromatic amines is 1. The lowest BCUT2D eigenvalue weighted by Crippen LogP contribution is -2.36. The lowest BCUT2D eigenvalue weighted by Gasteiger charge is -2.13. The Balaban J connectivity index is 1.59. The van der Waals surface area contributed by atoms with Gasteiger partial charge in [-0.3, -0.25) is 0 Å². The first-order valence-electron chi connectivity index (χ1n) is 5.16. The molecule has 1 aromatic rings. The van der Waals surface area contributed by atoms with E-state index in [0.29, 0.717) is 6.04 Å². The van der Waals surface area contributed by atoms with Crippen molar-refractivity contribution >= 4 is 0 Å². The van der Waals surface area contributed by atoms with Crippen LogP contribution in [0.1, 0.15) is 25.5 Å². The summed E-state index contributed by atoms with van der Waals surface area (Å²) in [5.41, 5.74) is 0.961. The Hall–Kier alpha value is -0.940. The third-order valence-electron chi connectivity index (χ3n) is 2.39. The monoisotopic (exact) mass is 195 g/mol. The predicted molar refractivity (Wildman–Crippen MR) is 53.7 cm³/mol. The predicted octanol–water partition coefficient (Wildman–Crippen LogP) is 0.0348. The first kappa shape index (κ1) is 9.61. The lowest BCUT2D eigenvalue weighted by atomic mass is 10.3. The van der Waals surface area contributed by atoms with E-state index in [1.165, 1.54) is 12.8 Å². The molecule has 0 saturated heterocycles. The minimum absolute atomic E-state index is 0.479. The fraction of sp³-hybridized carbons (Fsp3) is 0.778. The molecule has 1 fully saturated rings. The summed E-state index contributed by atoms with van der Waals surface area (Å²) in [6.07, 6.45) is 4.43. The Morgan fingerprint density at radius 1 is 1.64 bits per heavy atom. The zero-order valence-corrected chi connectivity index (χ0v) is 8.45. The molecule has 1 aliphatic rings. The number of nitrogens with zero attached hydrogens (tertiary/aromatic N) is 2. The molecule has 1 aliphatic carbocycles. The highest BCUT2D eigenvalue weighted by atomic mass is 15.3. The fourth-order valence-corrected chi connectivity index (χ4v) is 1.29. The second-order valence-corrected chi connectivity index (χ2v) is 3.93. The molecule has 0 aliphatic heterocycles. The van der Waals surface area contributed by atoms with Gasteiger partial charge in [0.1, 0.15) is 0 Å². The summed E-state index contributed by atoms with van der Waals surface area (Å²) < 4.78 is 0. The average molecular weight is 195 g/mol. The molecule has 2 rings (SSSR count). The van der Waals surface area contributed by atoms with E-state index >= 15 is 0 Å². The number of rotatable bonds is 6. The molecule has 5 nitrogen and oxygen atoms in total. The van der Waals surface area contributed by atoms with Crippen LogP contribution < -0.4 is 10.6 Å². The molecule has 1 heterocycles. The Bertz CT molecular complexity index is 254. The summed E-state index contributed by atoms with van der Waals surface area (Å²) in [5.74, 6) is 0. The van der Waals surface area contributed by atoms with Crippen molar-refractivity contribution in [3.63, 3.8) is 0 Å². The molecule has 1 saturated carbocycles. The molecule has 78 valence electrons. The van der Waals surface area contributed by atoms with Gasteiger partial charge in [-0.1, -0.05) is 0 Å². The Labute approximate surface area is 83.7 Å². The standard InChI is InChI=1S/C9H17N5/c1-7(4-11-8-2-3-8)10-5-9-6-12-14-13-9/h6-8,10-11H,2-5H2,1H3,(H,12,13,14). The van der Waals surface area contributed by atoms with E-state index in [9.17, 15) is 0 Å². The minimum Gasteiger partial charge on any atom is -0.312 e. The van der Waals surface area contributed by atoms with Crippen molar-refractivity contribution in [2.75, 3.05) is 6.54 Å². The summed E-state index contributed by atoms with van der Waals surface area (Å²) >= 11 is 0. The highest BCUT2D eigenvalue weighted by molar-refractivity contribution is 4.90. The molecule has 3 N–H and O–H groups in total. The smallest absolute Gasteiger partial charge is 0.0962 e. The molecular formula is C9H17N5. The van der Waals surface area contributed by atoms with Crippen LogP contribution in [0.4, 0.5) is 0 Å². The third-order valence-corrected chi connectivity index (χ3v) is 2.39. The van der Waals surface area contributed by atoms with E-state index in [2.05, 4.69) is 33.0 Å². The Morgan fingerprint density at radius 3 is 3.14 bits per heavy atom. The summed E-state index contributed by atoms with van der Waals surface area (Å²) in [6.45, 7) is 3.99. The molecule has 0 radical (unpaired) electrons. The van der Waals surface area contributed by atoms with Crippen LogP contribution in [-0.4, -0.2) is 34.0 Å². The molecule has 0 amide bonds. The van der Waals surface area contributed by atoms with Gasteiger partial charge in [0, 0.05) is 25.2 Å². The highest BCUT2D eigenvalue weighted by Crippen LogP contribution is 2.18. The normalized spacial score (nSPS) is 18.4. The van der Waals surface area contributed by atoms with Crippen molar-refractivity contribution in [1.82, 2.24) is 26.0 Å². The molecule has 1 unspecified atom stereocenters. The quantitative estimate of drug-likeness (QED) is 0.599. The maximum atomic E-state index is 3.98. The van der Waals surface area contributed by atoms with Crippen LogP contribution in [0.5, 0.6) is 0 Å². The van der Waals surface area contributed by atoms with E-state index < -0.39 is 0 Å². The summed E-state index contributed by atoms with van der Waals surface area (Å²) in [4.78, 5) is 0. The average Bonchev–Trinajstić information content (AvgIpc) is 2.87. The second kappa shape index (κ2) is 4.52. The van der Waals surface area contributed by atoms with E-state index in [-0.39, 0.29) is 0 Å². The van der Waals surface area contributed by atoms with Gasteiger partial charge >= 0.3 is 0 Å². The SMILES string of the molecule is CC(CNC1CC1)NCc1cn[nH]n1. The molecule has 0 bridgehead atoms. The van der Waals surface area contributed by atoms with E-state index in [4.69, 9.17) is 0 Å². The van der Waals surface area contributed by atoms with Crippen molar-refractivity contribution in [2.45, 2.75) is 38.4 Å². The topological polar surface area (TPSA) is 65.6 Å². The number of hydrogen-bond acceptors (Lipinski definition) is 4. The summed E-state index contributed by atoms with van der Waals surface area (Å²) in [5, 5.41) is 17.2. The number of aromatic nitrogens is 3. The number of H-pyrrole nitrogens is 1. The van der Waals surface area contributed by atoms with Crippen LogP contribution in [0.3, 0.4) is 0 Å². The Morgan fingerprint density at radius 2 is 2.50 bits per heavy atom. The maximum Gasteiger partial charge on any atom is 0.0962 e. The van der Waals surface area contributed by atoms with Gasteiger partial charge in [0.25, 0.3) is 0 Å². The van der Waals surface area contributed by atoms with Crippen molar-refractivity contribution < 1.29 is 0 Å². The summed E-state index contributed by atoms with van der Waals surface area (Å²) in [7, 11) is 0. The van der Waals surface area contributed by atoms with Crippen LogP contribution in [0.2, 0.25) is 0 Å². The molecular weight excluding hydrogens is 178 g/mol. The Kier molecular flexibility index (Phi) is 3.10. The van der Waals surface area contributed by atoms with Crippen LogP contribution in [0.25, 0.3) is 0 Å². The maximum absolute atomic E-state index is 3.98. The number of nitrogens with one attached hydrogen (secondary N) is 3. The first-order valence-corrected chi connectivity index (χ1v) is 5.16. The first-order chi connectivity index (χ1) is 6.84. The second-order valence-electron chi connectivity index (χ2n) is 3.93. The molecule has 1 atom stereocenters. The largest absolute Gasteiger partial charge is 0.312 e. The highest BCUT2D eigenvalue weighted by Gasteiger charge is 2.20. The molecule has 0 spiro atoms. The lowest BCUT2D eigenvalue weighted by molar-refractivity contribution is 0.496. The van der Waals surface area contributed by atoms with Gasteiger partial charge in [-0.25, -0.2) is 0 Å². The van der Waals surface area contributed by atoms with Crippen molar-refractivity contribution in [3.05, 3.63) is 11.9 Å². The molecule has 0 aromatic carbocycles. The van der Waals surface area contributed by atoms with Gasteiger partial charge in [-0.2, -0.15) is 15.4 Å². The minimum atomic E-state index is 0.479. The van der Waals surface area contributed by atoms with Gasteiger partial charge in [0.05, 0.1) is 11.9 Å². The van der Waals surface area contributed by atoms with Gasteiger partial charge in [-0.15, -0.1) is 0 Å². The van der Waals surface area contributed by atoms with E-state index in [0.717, 1.165) is 24.8 Å². The van der Waals surface area contributed by atoms with Gasteiger partial charge < -0.3 is 10.6 Å². The van der Waals surface area contributed by atoms with Crippen molar-refractivity contribution in [1.29, 1.82) is 0 Å².